The Bertz CT molecular complexity index is 729. The first-order valence-corrected chi connectivity index (χ1v) is 6.33. The molecule has 0 saturated heterocycles. The Kier molecular flexibility index (Phi) is 3.31. The number of alkyl halides is 2. The zero-order chi connectivity index (χ0) is 14.1. The van der Waals surface area contributed by atoms with E-state index in [9.17, 15) is 8.78 Å². The summed E-state index contributed by atoms with van der Waals surface area (Å²) in [6, 6.07) is 4.72. The van der Waals surface area contributed by atoms with E-state index in [4.69, 9.17) is 0 Å². The van der Waals surface area contributed by atoms with Gasteiger partial charge in [-0.3, -0.25) is 0 Å². The highest BCUT2D eigenvalue weighted by Gasteiger charge is 2.11. The molecule has 3 rings (SSSR count). The predicted molar refractivity (Wildman–Crippen MR) is 71.5 cm³/mol. The molecule has 20 heavy (non-hydrogen) atoms. The van der Waals surface area contributed by atoms with Crippen molar-refractivity contribution in [2.24, 2.45) is 0 Å². The van der Waals surface area contributed by atoms with Gasteiger partial charge in [0, 0.05) is 5.56 Å². The van der Waals surface area contributed by atoms with Crippen molar-refractivity contribution in [2.45, 2.75) is 6.61 Å². The van der Waals surface area contributed by atoms with Crippen molar-refractivity contribution in [2.75, 3.05) is 0 Å². The number of benzene rings is 1. The van der Waals surface area contributed by atoms with E-state index in [1.807, 2.05) is 0 Å². The fourth-order valence-electron chi connectivity index (χ4n) is 1.74. The van der Waals surface area contributed by atoms with E-state index in [2.05, 4.69) is 40.6 Å². The maximum atomic E-state index is 12.2. The summed E-state index contributed by atoms with van der Waals surface area (Å²) in [6.07, 6.45) is 3.02. The number of H-pyrrole nitrogens is 1. The molecule has 0 atom stereocenters. The number of halogens is 3. The van der Waals surface area contributed by atoms with Crippen molar-refractivity contribution >= 4 is 27.1 Å². The number of rotatable bonds is 3. The molecule has 0 bridgehead atoms. The highest BCUT2D eigenvalue weighted by atomic mass is 79.9. The van der Waals surface area contributed by atoms with Crippen molar-refractivity contribution in [1.29, 1.82) is 0 Å². The summed E-state index contributed by atoms with van der Waals surface area (Å²) in [4.78, 5) is 15.3. The van der Waals surface area contributed by atoms with E-state index >= 15 is 0 Å². The number of nitrogens with one attached hydrogen (secondary N) is 1. The Hall–Kier alpha value is -2.09. The maximum absolute atomic E-state index is 12.2. The lowest BCUT2D eigenvalue weighted by Gasteiger charge is -2.07. The van der Waals surface area contributed by atoms with Crippen molar-refractivity contribution < 1.29 is 13.5 Å². The molecule has 5 nitrogen and oxygen atoms in total. The molecule has 1 N–H and O–H groups in total. The van der Waals surface area contributed by atoms with Gasteiger partial charge in [0.15, 0.2) is 5.65 Å². The van der Waals surface area contributed by atoms with E-state index in [-0.39, 0.29) is 5.75 Å². The van der Waals surface area contributed by atoms with Crippen LogP contribution in [0.2, 0.25) is 0 Å². The van der Waals surface area contributed by atoms with Gasteiger partial charge >= 0.3 is 6.61 Å². The first-order chi connectivity index (χ1) is 9.63. The molecule has 2 aromatic heterocycles. The van der Waals surface area contributed by atoms with Crippen LogP contribution in [0.4, 0.5) is 8.78 Å². The van der Waals surface area contributed by atoms with Crippen molar-refractivity contribution in [3.8, 4) is 17.1 Å². The third-order valence-corrected chi connectivity index (χ3v) is 3.20. The van der Waals surface area contributed by atoms with Crippen LogP contribution < -0.4 is 4.74 Å². The second kappa shape index (κ2) is 5.12. The summed E-state index contributed by atoms with van der Waals surface area (Å²) in [7, 11) is 0. The van der Waals surface area contributed by atoms with Crippen LogP contribution in [0.1, 0.15) is 0 Å². The van der Waals surface area contributed by atoms with Crippen LogP contribution in [0.5, 0.6) is 5.75 Å². The number of nitrogens with zero attached hydrogens (tertiary/aromatic N) is 3. The summed E-state index contributed by atoms with van der Waals surface area (Å²) in [5.74, 6) is 0.643. The molecule has 8 heteroatoms. The Morgan fingerprint density at radius 1 is 1.30 bits per heavy atom. The zero-order valence-corrected chi connectivity index (χ0v) is 11.4. The number of imidazole rings is 1. The Morgan fingerprint density at radius 3 is 2.85 bits per heavy atom. The van der Waals surface area contributed by atoms with Gasteiger partial charge in [-0.05, 0) is 34.1 Å². The maximum Gasteiger partial charge on any atom is 0.387 e. The molecule has 1 aromatic carbocycles. The standard InChI is InChI=1S/C12H7BrF2N4O/c13-7-3-6(1-2-9(7)20-12(14)15)10-18-8-4-16-5-17-11(8)19-10/h1-5,12H,(H,16,17,18,19). The lowest BCUT2D eigenvalue weighted by atomic mass is 10.2. The largest absolute Gasteiger partial charge is 0.434 e. The Morgan fingerprint density at radius 2 is 2.15 bits per heavy atom. The third-order valence-electron chi connectivity index (χ3n) is 2.58. The Balaban J connectivity index is 1.99. The first kappa shape index (κ1) is 12.9. The molecule has 0 saturated carbocycles. The van der Waals surface area contributed by atoms with Gasteiger partial charge in [0.1, 0.15) is 23.4 Å². The van der Waals surface area contributed by atoms with Gasteiger partial charge in [-0.15, -0.1) is 0 Å². The average Bonchev–Trinajstić information content (AvgIpc) is 2.84. The summed E-state index contributed by atoms with van der Waals surface area (Å²) < 4.78 is 29.2. The number of ether oxygens (including phenoxy) is 1. The molecule has 0 radical (unpaired) electrons. The normalized spacial score (nSPS) is 11.2. The molecule has 0 fully saturated rings. The summed E-state index contributed by atoms with van der Waals surface area (Å²) in [5, 5.41) is 0. The van der Waals surface area contributed by atoms with Gasteiger partial charge in [0.05, 0.1) is 10.7 Å². The van der Waals surface area contributed by atoms with Gasteiger partial charge in [0.2, 0.25) is 0 Å². The second-order valence-corrected chi connectivity index (χ2v) is 4.72. The lowest BCUT2D eigenvalue weighted by molar-refractivity contribution is -0.0503. The highest BCUT2D eigenvalue weighted by molar-refractivity contribution is 9.10. The van der Waals surface area contributed by atoms with E-state index in [1.165, 1.54) is 12.4 Å². The van der Waals surface area contributed by atoms with Gasteiger partial charge < -0.3 is 9.72 Å². The summed E-state index contributed by atoms with van der Waals surface area (Å²) >= 11 is 3.19. The molecule has 0 spiro atoms. The van der Waals surface area contributed by atoms with Gasteiger partial charge in [-0.1, -0.05) is 0 Å². The number of aromatic nitrogens is 4. The molecular formula is C12H7BrF2N4O. The number of hydrogen-bond acceptors (Lipinski definition) is 4. The third kappa shape index (κ3) is 2.46. The van der Waals surface area contributed by atoms with Crippen LogP contribution in [0.15, 0.2) is 35.2 Å². The summed E-state index contributed by atoms with van der Waals surface area (Å²) in [5.41, 5.74) is 1.96. The minimum Gasteiger partial charge on any atom is -0.434 e. The molecule has 0 amide bonds. The van der Waals surface area contributed by atoms with Gasteiger partial charge in [-0.25, -0.2) is 15.0 Å². The smallest absolute Gasteiger partial charge is 0.387 e. The fraction of sp³-hybridized carbons (Fsp3) is 0.0833. The van der Waals surface area contributed by atoms with Gasteiger partial charge in [-0.2, -0.15) is 8.78 Å². The van der Waals surface area contributed by atoms with Crippen molar-refractivity contribution in [1.82, 2.24) is 19.9 Å². The fourth-order valence-corrected chi connectivity index (χ4v) is 2.21. The molecule has 0 aliphatic carbocycles. The molecule has 0 aliphatic rings. The lowest BCUT2D eigenvalue weighted by Crippen LogP contribution is -2.02. The van der Waals surface area contributed by atoms with Crippen LogP contribution in [0.25, 0.3) is 22.6 Å². The molecule has 2 heterocycles. The monoisotopic (exact) mass is 340 g/mol. The Labute approximate surface area is 120 Å². The van der Waals surface area contributed by atoms with E-state index in [0.717, 1.165) is 5.56 Å². The van der Waals surface area contributed by atoms with E-state index < -0.39 is 6.61 Å². The topological polar surface area (TPSA) is 63.7 Å². The van der Waals surface area contributed by atoms with Gasteiger partial charge in [0.25, 0.3) is 0 Å². The first-order valence-electron chi connectivity index (χ1n) is 5.54. The molecule has 3 aromatic rings. The molecule has 102 valence electrons. The molecule has 0 aliphatic heterocycles. The van der Waals surface area contributed by atoms with E-state index in [1.54, 1.807) is 18.3 Å². The number of hydrogen-bond donors (Lipinski definition) is 1. The minimum absolute atomic E-state index is 0.0691. The summed E-state index contributed by atoms with van der Waals surface area (Å²) in [6.45, 7) is -2.86. The van der Waals surface area contributed by atoms with Crippen LogP contribution in [0, 0.1) is 0 Å². The van der Waals surface area contributed by atoms with Crippen LogP contribution in [-0.2, 0) is 0 Å². The quantitative estimate of drug-likeness (QED) is 0.793. The number of fused-ring (bicyclic) bond motifs is 1. The van der Waals surface area contributed by atoms with E-state index in [0.29, 0.717) is 21.5 Å². The predicted octanol–water partition coefficient (Wildman–Crippen LogP) is 3.38. The van der Waals surface area contributed by atoms with Crippen LogP contribution >= 0.6 is 15.9 Å². The average molecular weight is 341 g/mol. The van der Waals surface area contributed by atoms with Crippen molar-refractivity contribution in [3.05, 3.63) is 35.2 Å². The molecular weight excluding hydrogens is 334 g/mol. The number of aromatic amines is 1. The minimum atomic E-state index is -2.86. The highest BCUT2D eigenvalue weighted by Crippen LogP contribution is 2.31. The van der Waals surface area contributed by atoms with Crippen LogP contribution in [0.3, 0.4) is 0 Å². The zero-order valence-electron chi connectivity index (χ0n) is 9.85. The second-order valence-electron chi connectivity index (χ2n) is 3.87. The molecule has 0 unspecified atom stereocenters. The van der Waals surface area contributed by atoms with Crippen LogP contribution in [-0.4, -0.2) is 26.5 Å². The SMILES string of the molecule is FC(F)Oc1ccc(-c2nc3ncncc3[nH]2)cc1Br. The van der Waals surface area contributed by atoms with Crippen molar-refractivity contribution in [3.63, 3.8) is 0 Å².